The van der Waals surface area contributed by atoms with Gasteiger partial charge in [0.2, 0.25) is 5.91 Å². The Kier molecular flexibility index (Phi) is 4.21. The zero-order chi connectivity index (χ0) is 18.1. The van der Waals surface area contributed by atoms with Crippen LogP contribution in [0.15, 0.2) is 66.7 Å². The van der Waals surface area contributed by atoms with Gasteiger partial charge in [0.05, 0.1) is 11.8 Å². The molecule has 5 nitrogen and oxygen atoms in total. The van der Waals surface area contributed by atoms with Crippen LogP contribution in [0.2, 0.25) is 0 Å². The summed E-state index contributed by atoms with van der Waals surface area (Å²) >= 11 is 0. The summed E-state index contributed by atoms with van der Waals surface area (Å²) in [5, 5.41) is 12.3. The molecule has 0 saturated heterocycles. The highest BCUT2D eigenvalue weighted by Crippen LogP contribution is 2.48. The quantitative estimate of drug-likeness (QED) is 0.802. The number of hydrogen-bond donors (Lipinski definition) is 2. The van der Waals surface area contributed by atoms with Gasteiger partial charge < -0.3 is 15.2 Å². The minimum absolute atomic E-state index is 0.0155. The van der Waals surface area contributed by atoms with Gasteiger partial charge in [-0.1, -0.05) is 30.4 Å². The molecular weight excluding hydrogens is 330 g/mol. The number of benzene rings is 2. The first kappa shape index (κ1) is 16.4. The predicted molar refractivity (Wildman–Crippen MR) is 96.9 cm³/mol. The van der Waals surface area contributed by atoms with Gasteiger partial charge >= 0.3 is 5.97 Å². The average molecular weight is 349 g/mol. The molecule has 4 atom stereocenters. The first-order valence-corrected chi connectivity index (χ1v) is 8.67. The minimum atomic E-state index is -0.895. The fourth-order valence-corrected chi connectivity index (χ4v) is 3.97. The molecule has 0 radical (unpaired) electrons. The third kappa shape index (κ3) is 3.08. The standard InChI is InChI=1S/C21H19NO4/c23-20(18-13-6-7-14(12-13)19(18)21(24)25)22-15-8-10-17(11-9-15)26-16-4-2-1-3-5-16/h1-11,13-14,18-19H,12H2,(H,22,23)(H,24,25)/t13-,14+,18-,19-/m0/s1. The maximum Gasteiger partial charge on any atom is 0.307 e. The number of hydrogen-bond acceptors (Lipinski definition) is 3. The minimum Gasteiger partial charge on any atom is -0.481 e. The zero-order valence-corrected chi connectivity index (χ0v) is 14.0. The zero-order valence-electron chi connectivity index (χ0n) is 14.0. The van der Waals surface area contributed by atoms with Gasteiger partial charge in [-0.3, -0.25) is 9.59 Å². The molecule has 2 aromatic carbocycles. The largest absolute Gasteiger partial charge is 0.481 e. The van der Waals surface area contributed by atoms with Crippen molar-refractivity contribution < 1.29 is 19.4 Å². The number of carboxylic acids is 1. The van der Waals surface area contributed by atoms with Gasteiger partial charge in [-0.2, -0.15) is 0 Å². The van der Waals surface area contributed by atoms with Crippen LogP contribution in [-0.4, -0.2) is 17.0 Å². The van der Waals surface area contributed by atoms with Crippen molar-refractivity contribution in [3.63, 3.8) is 0 Å². The van der Waals surface area contributed by atoms with Crippen molar-refractivity contribution in [3.8, 4) is 11.5 Å². The molecule has 5 heteroatoms. The van der Waals surface area contributed by atoms with Gasteiger partial charge in [0.25, 0.3) is 0 Å². The van der Waals surface area contributed by atoms with Crippen LogP contribution in [0, 0.1) is 23.7 Å². The van der Waals surface area contributed by atoms with Gasteiger partial charge in [-0.25, -0.2) is 0 Å². The Hall–Kier alpha value is -3.08. The van der Waals surface area contributed by atoms with Crippen LogP contribution in [0.3, 0.4) is 0 Å². The number of carbonyl (C=O) groups is 2. The molecule has 2 N–H and O–H groups in total. The summed E-state index contributed by atoms with van der Waals surface area (Å²) in [4.78, 5) is 24.2. The van der Waals surface area contributed by atoms with E-state index in [9.17, 15) is 14.7 Å². The maximum atomic E-state index is 12.7. The van der Waals surface area contributed by atoms with E-state index < -0.39 is 17.8 Å². The van der Waals surface area contributed by atoms with E-state index in [0.29, 0.717) is 11.4 Å². The van der Waals surface area contributed by atoms with E-state index in [-0.39, 0.29) is 17.7 Å². The Balaban J connectivity index is 1.43. The number of fused-ring (bicyclic) bond motifs is 2. The van der Waals surface area contributed by atoms with Gasteiger partial charge in [-0.05, 0) is 54.7 Å². The van der Waals surface area contributed by atoms with E-state index in [1.54, 1.807) is 24.3 Å². The molecule has 2 aliphatic carbocycles. The second-order valence-corrected chi connectivity index (χ2v) is 6.77. The molecule has 0 aromatic heterocycles. The lowest BCUT2D eigenvalue weighted by atomic mass is 9.82. The highest BCUT2D eigenvalue weighted by atomic mass is 16.5. The molecule has 26 heavy (non-hydrogen) atoms. The number of carboxylic acid groups (broad SMARTS) is 1. The highest BCUT2D eigenvalue weighted by Gasteiger charge is 2.51. The van der Waals surface area contributed by atoms with Gasteiger partial charge in [0, 0.05) is 5.69 Å². The number of nitrogens with one attached hydrogen (secondary N) is 1. The Bertz CT molecular complexity index is 844. The van der Waals surface area contributed by atoms with Crippen LogP contribution in [0.25, 0.3) is 0 Å². The van der Waals surface area contributed by atoms with Gasteiger partial charge in [0.15, 0.2) is 0 Å². The lowest BCUT2D eigenvalue weighted by Crippen LogP contribution is -2.36. The first-order valence-electron chi connectivity index (χ1n) is 8.67. The second-order valence-electron chi connectivity index (χ2n) is 6.77. The van der Waals surface area contributed by atoms with Crippen LogP contribution in [0.5, 0.6) is 11.5 Å². The van der Waals surface area contributed by atoms with E-state index in [4.69, 9.17) is 4.74 Å². The summed E-state index contributed by atoms with van der Waals surface area (Å²) in [6.45, 7) is 0. The van der Waals surface area contributed by atoms with Crippen molar-refractivity contribution in [3.05, 3.63) is 66.7 Å². The average Bonchev–Trinajstić information content (AvgIpc) is 3.25. The summed E-state index contributed by atoms with van der Waals surface area (Å²) in [5.41, 5.74) is 0.631. The molecule has 2 aromatic rings. The number of ether oxygens (including phenoxy) is 1. The monoisotopic (exact) mass is 349 g/mol. The molecule has 132 valence electrons. The molecule has 2 aliphatic rings. The van der Waals surface area contributed by atoms with Crippen molar-refractivity contribution in [1.82, 2.24) is 0 Å². The highest BCUT2D eigenvalue weighted by molar-refractivity contribution is 5.96. The van der Waals surface area contributed by atoms with Gasteiger partial charge in [0.1, 0.15) is 11.5 Å². The predicted octanol–water partition coefficient (Wildman–Crippen LogP) is 3.94. The van der Waals surface area contributed by atoms with Crippen LogP contribution >= 0.6 is 0 Å². The van der Waals surface area contributed by atoms with Crippen molar-refractivity contribution in [2.45, 2.75) is 6.42 Å². The Morgan fingerprint density at radius 3 is 2.15 bits per heavy atom. The molecule has 1 saturated carbocycles. The van der Waals surface area contributed by atoms with Crippen molar-refractivity contribution in [2.75, 3.05) is 5.32 Å². The van der Waals surface area contributed by atoms with E-state index >= 15 is 0 Å². The summed E-state index contributed by atoms with van der Waals surface area (Å²) in [6, 6.07) is 16.5. The third-order valence-electron chi connectivity index (χ3n) is 5.15. The first-order chi connectivity index (χ1) is 12.6. The van der Waals surface area contributed by atoms with Crippen LogP contribution in [0.4, 0.5) is 5.69 Å². The molecule has 0 aliphatic heterocycles. The third-order valence-corrected chi connectivity index (χ3v) is 5.15. The Morgan fingerprint density at radius 2 is 1.50 bits per heavy atom. The van der Waals surface area contributed by atoms with Crippen molar-refractivity contribution in [2.24, 2.45) is 23.7 Å². The number of para-hydroxylation sites is 1. The van der Waals surface area contributed by atoms with Crippen LogP contribution in [0.1, 0.15) is 6.42 Å². The molecule has 0 unspecified atom stereocenters. The molecule has 0 heterocycles. The fraction of sp³-hybridized carbons (Fsp3) is 0.238. The summed E-state index contributed by atoms with van der Waals surface area (Å²) in [6.07, 6.45) is 4.66. The molecule has 1 fully saturated rings. The normalized spacial score (nSPS) is 25.8. The van der Waals surface area contributed by atoms with Crippen LogP contribution in [-0.2, 0) is 9.59 Å². The lowest BCUT2D eigenvalue weighted by molar-refractivity contribution is -0.146. The number of allylic oxidation sites excluding steroid dienone is 2. The fourth-order valence-electron chi connectivity index (χ4n) is 3.97. The molecular formula is C21H19NO4. The molecule has 1 amide bonds. The smallest absolute Gasteiger partial charge is 0.307 e. The topological polar surface area (TPSA) is 75.6 Å². The van der Waals surface area contributed by atoms with Crippen molar-refractivity contribution in [1.29, 1.82) is 0 Å². The molecule has 4 rings (SSSR count). The van der Waals surface area contributed by atoms with Crippen LogP contribution < -0.4 is 10.1 Å². The van der Waals surface area contributed by atoms with E-state index in [2.05, 4.69) is 5.32 Å². The number of anilines is 1. The number of carbonyl (C=O) groups excluding carboxylic acids is 1. The number of amides is 1. The SMILES string of the molecule is O=C(O)[C@@H]1[C@@H](C(=O)Nc2ccc(Oc3ccccc3)cc2)[C@H]2C=C[C@@H]1C2. The second kappa shape index (κ2) is 6.67. The Morgan fingerprint density at radius 1 is 0.885 bits per heavy atom. The van der Waals surface area contributed by atoms with E-state index in [1.165, 1.54) is 0 Å². The number of rotatable bonds is 5. The molecule has 2 bridgehead atoms. The van der Waals surface area contributed by atoms with E-state index in [0.717, 1.165) is 12.2 Å². The number of aliphatic carboxylic acids is 1. The van der Waals surface area contributed by atoms with Crippen molar-refractivity contribution >= 4 is 17.6 Å². The summed E-state index contributed by atoms with van der Waals surface area (Å²) in [5.74, 6) is -0.882. The summed E-state index contributed by atoms with van der Waals surface area (Å²) in [7, 11) is 0. The maximum absolute atomic E-state index is 12.7. The summed E-state index contributed by atoms with van der Waals surface area (Å²) < 4.78 is 5.73. The Labute approximate surface area is 151 Å². The van der Waals surface area contributed by atoms with E-state index in [1.807, 2.05) is 42.5 Å². The van der Waals surface area contributed by atoms with Gasteiger partial charge in [-0.15, -0.1) is 0 Å². The lowest BCUT2D eigenvalue weighted by Gasteiger charge is -2.23. The molecule has 0 spiro atoms.